The quantitative estimate of drug-likeness (QED) is 0.631. The Balaban J connectivity index is 1.35. The number of benzene rings is 1. The molecule has 4 rings (SSSR count). The van der Waals surface area contributed by atoms with E-state index in [1.165, 1.54) is 10.5 Å². The molecule has 1 N–H and O–H groups in total. The van der Waals surface area contributed by atoms with Crippen molar-refractivity contribution in [2.75, 3.05) is 19.3 Å². The third kappa shape index (κ3) is 4.83. The molecule has 0 saturated carbocycles. The maximum atomic E-state index is 12.3. The van der Waals surface area contributed by atoms with E-state index in [0.717, 1.165) is 44.2 Å². The smallest absolute Gasteiger partial charge is 0.251 e. The fourth-order valence-corrected chi connectivity index (χ4v) is 3.88. The van der Waals surface area contributed by atoms with Crippen molar-refractivity contribution >= 4 is 17.7 Å². The van der Waals surface area contributed by atoms with Crippen molar-refractivity contribution in [2.45, 2.75) is 31.0 Å². The summed E-state index contributed by atoms with van der Waals surface area (Å²) in [7, 11) is 0. The zero-order valence-electron chi connectivity index (χ0n) is 16.4. The van der Waals surface area contributed by atoms with Gasteiger partial charge in [0.2, 0.25) is 0 Å². The third-order valence-electron chi connectivity index (χ3n) is 5.11. The number of hydrogen-bond acceptors (Lipinski definition) is 6. The fourth-order valence-electron chi connectivity index (χ4n) is 3.47. The molecule has 3 aromatic rings. The van der Waals surface area contributed by atoms with Gasteiger partial charge in [-0.05, 0) is 36.1 Å². The molecule has 0 radical (unpaired) electrons. The molecule has 0 aliphatic carbocycles. The number of fused-ring (bicyclic) bond motifs is 1. The number of nitrogens with zero attached hydrogens (tertiary/aromatic N) is 5. The Bertz CT molecular complexity index is 957. The van der Waals surface area contributed by atoms with Gasteiger partial charge in [0.25, 0.3) is 5.91 Å². The Morgan fingerprint density at radius 1 is 1.07 bits per heavy atom. The fraction of sp³-hybridized carbons (Fsp3) is 0.333. The first-order valence-corrected chi connectivity index (χ1v) is 10.9. The van der Waals surface area contributed by atoms with Crippen molar-refractivity contribution in [1.29, 1.82) is 0 Å². The number of thioether (sulfide) groups is 1. The molecular formula is C21H24N6OS. The van der Waals surface area contributed by atoms with Gasteiger partial charge in [0.05, 0.1) is 6.54 Å². The van der Waals surface area contributed by atoms with Crippen LogP contribution in [0.3, 0.4) is 0 Å². The van der Waals surface area contributed by atoms with E-state index in [9.17, 15) is 4.79 Å². The van der Waals surface area contributed by atoms with E-state index in [1.54, 1.807) is 36.3 Å². The molecule has 150 valence electrons. The summed E-state index contributed by atoms with van der Waals surface area (Å²) >= 11 is 1.76. The molecule has 0 saturated heterocycles. The van der Waals surface area contributed by atoms with E-state index < -0.39 is 0 Å². The number of pyridine rings is 1. The summed E-state index contributed by atoms with van der Waals surface area (Å²) in [5, 5.41) is 11.6. The van der Waals surface area contributed by atoms with E-state index in [-0.39, 0.29) is 5.91 Å². The molecule has 8 heteroatoms. The number of nitrogens with one attached hydrogen (secondary N) is 1. The minimum Gasteiger partial charge on any atom is -0.345 e. The molecule has 29 heavy (non-hydrogen) atoms. The highest BCUT2D eigenvalue weighted by Gasteiger charge is 2.19. The monoisotopic (exact) mass is 408 g/mol. The summed E-state index contributed by atoms with van der Waals surface area (Å²) in [4.78, 5) is 19.9. The molecule has 1 aromatic carbocycles. The summed E-state index contributed by atoms with van der Waals surface area (Å²) in [6.45, 7) is 4.00. The van der Waals surface area contributed by atoms with Crippen LogP contribution >= 0.6 is 11.8 Å². The lowest BCUT2D eigenvalue weighted by Gasteiger charge is -2.19. The lowest BCUT2D eigenvalue weighted by Crippen LogP contribution is -2.28. The van der Waals surface area contributed by atoms with Gasteiger partial charge in [0.15, 0.2) is 5.82 Å². The van der Waals surface area contributed by atoms with Crippen LogP contribution in [0.1, 0.15) is 27.6 Å². The van der Waals surface area contributed by atoms with Crippen molar-refractivity contribution < 1.29 is 4.79 Å². The van der Waals surface area contributed by atoms with Gasteiger partial charge in [-0.15, -0.1) is 22.0 Å². The highest BCUT2D eigenvalue weighted by molar-refractivity contribution is 7.98. The van der Waals surface area contributed by atoms with E-state index in [0.29, 0.717) is 12.1 Å². The first-order valence-electron chi connectivity index (χ1n) is 9.67. The van der Waals surface area contributed by atoms with Gasteiger partial charge in [0.1, 0.15) is 5.82 Å². The molecule has 0 spiro atoms. The molecule has 3 heterocycles. The Kier molecular flexibility index (Phi) is 6.21. The van der Waals surface area contributed by atoms with Crippen LogP contribution < -0.4 is 5.32 Å². The first kappa shape index (κ1) is 19.6. The minimum absolute atomic E-state index is 0.131. The molecule has 1 aliphatic heterocycles. The SMILES string of the molecule is CSc1ccc(CN2CCc3nnc(CNC(=O)c4ccncc4)n3CC2)cc1. The lowest BCUT2D eigenvalue weighted by molar-refractivity contribution is 0.0949. The third-order valence-corrected chi connectivity index (χ3v) is 5.85. The van der Waals surface area contributed by atoms with Gasteiger partial charge in [-0.3, -0.25) is 14.7 Å². The van der Waals surface area contributed by atoms with Crippen molar-refractivity contribution in [3.8, 4) is 0 Å². The summed E-state index contributed by atoms with van der Waals surface area (Å²) in [5.74, 6) is 1.65. The number of carbonyl (C=O) groups excluding carboxylic acids is 1. The van der Waals surface area contributed by atoms with Crippen LogP contribution in [-0.2, 0) is 26.1 Å². The number of aromatic nitrogens is 4. The average molecular weight is 409 g/mol. The zero-order valence-corrected chi connectivity index (χ0v) is 17.2. The number of carbonyl (C=O) groups is 1. The Morgan fingerprint density at radius 3 is 2.62 bits per heavy atom. The maximum absolute atomic E-state index is 12.3. The molecule has 2 aromatic heterocycles. The van der Waals surface area contributed by atoms with Crippen LogP contribution in [0, 0.1) is 0 Å². The van der Waals surface area contributed by atoms with Crippen LogP contribution in [0.2, 0.25) is 0 Å². The number of hydrogen-bond donors (Lipinski definition) is 1. The van der Waals surface area contributed by atoms with E-state index in [4.69, 9.17) is 0 Å². The van der Waals surface area contributed by atoms with Gasteiger partial charge < -0.3 is 9.88 Å². The molecule has 0 bridgehead atoms. The van der Waals surface area contributed by atoms with Gasteiger partial charge >= 0.3 is 0 Å². The summed E-state index contributed by atoms with van der Waals surface area (Å²) in [6.07, 6.45) is 6.17. The van der Waals surface area contributed by atoms with E-state index in [2.05, 4.69) is 60.5 Å². The van der Waals surface area contributed by atoms with Crippen LogP contribution in [0.5, 0.6) is 0 Å². The average Bonchev–Trinajstić information content (AvgIpc) is 3.05. The second-order valence-corrected chi connectivity index (χ2v) is 7.86. The van der Waals surface area contributed by atoms with Crippen LogP contribution in [0.25, 0.3) is 0 Å². The molecule has 0 atom stereocenters. The van der Waals surface area contributed by atoms with Crippen LogP contribution in [-0.4, -0.2) is 49.9 Å². The molecule has 7 nitrogen and oxygen atoms in total. The van der Waals surface area contributed by atoms with Gasteiger partial charge in [0, 0.05) is 55.5 Å². The second kappa shape index (κ2) is 9.19. The van der Waals surface area contributed by atoms with Crippen molar-refractivity contribution in [3.05, 3.63) is 71.6 Å². The normalized spacial score (nSPS) is 14.2. The highest BCUT2D eigenvalue weighted by atomic mass is 32.2. The van der Waals surface area contributed by atoms with Crippen molar-refractivity contribution in [3.63, 3.8) is 0 Å². The summed E-state index contributed by atoms with van der Waals surface area (Å²) in [6, 6.07) is 12.2. The molecular weight excluding hydrogens is 384 g/mol. The van der Waals surface area contributed by atoms with E-state index >= 15 is 0 Å². The molecule has 0 unspecified atom stereocenters. The number of rotatable bonds is 6. The van der Waals surface area contributed by atoms with Crippen molar-refractivity contribution in [1.82, 2.24) is 30.0 Å². The van der Waals surface area contributed by atoms with Gasteiger partial charge in [-0.25, -0.2) is 0 Å². The molecule has 1 aliphatic rings. The minimum atomic E-state index is -0.131. The Labute approximate surface area is 174 Å². The van der Waals surface area contributed by atoms with Gasteiger partial charge in [-0.2, -0.15) is 0 Å². The van der Waals surface area contributed by atoms with Gasteiger partial charge in [-0.1, -0.05) is 12.1 Å². The predicted molar refractivity (Wildman–Crippen MR) is 113 cm³/mol. The topological polar surface area (TPSA) is 75.9 Å². The maximum Gasteiger partial charge on any atom is 0.251 e. The Hall–Kier alpha value is -2.71. The summed E-state index contributed by atoms with van der Waals surface area (Å²) < 4.78 is 2.14. The predicted octanol–water partition coefficient (Wildman–Crippen LogP) is 2.38. The van der Waals surface area contributed by atoms with Crippen molar-refractivity contribution in [2.24, 2.45) is 0 Å². The molecule has 1 amide bonds. The van der Waals surface area contributed by atoms with E-state index in [1.807, 2.05) is 0 Å². The molecule has 0 fully saturated rings. The number of amides is 1. The second-order valence-electron chi connectivity index (χ2n) is 6.98. The highest BCUT2D eigenvalue weighted by Crippen LogP contribution is 2.17. The van der Waals surface area contributed by atoms with Crippen LogP contribution in [0.15, 0.2) is 53.7 Å². The lowest BCUT2D eigenvalue weighted by atomic mass is 10.2. The zero-order chi connectivity index (χ0) is 20.1. The Morgan fingerprint density at radius 2 is 1.86 bits per heavy atom. The largest absolute Gasteiger partial charge is 0.345 e. The summed E-state index contributed by atoms with van der Waals surface area (Å²) in [5.41, 5.74) is 1.92. The standard InChI is InChI=1S/C21H24N6OS/c1-29-18-4-2-16(3-5-18)15-26-11-8-19-24-25-20(27(19)13-12-26)14-23-21(28)17-6-9-22-10-7-17/h2-7,9-10H,8,11-15H2,1H3,(H,23,28). The van der Waals surface area contributed by atoms with Crippen LogP contribution in [0.4, 0.5) is 0 Å². The first-order chi connectivity index (χ1) is 14.2.